The predicted octanol–water partition coefficient (Wildman–Crippen LogP) is 2.76. The first kappa shape index (κ1) is 13.0. The van der Waals surface area contributed by atoms with Gasteiger partial charge in [0.1, 0.15) is 5.82 Å². The fourth-order valence-electron chi connectivity index (χ4n) is 2.34. The highest BCUT2D eigenvalue weighted by atomic mass is 79.9. The van der Waals surface area contributed by atoms with Crippen LogP contribution >= 0.6 is 15.9 Å². The second-order valence-electron chi connectivity index (χ2n) is 4.88. The fraction of sp³-hybridized carbons (Fsp3) is 0.538. The Kier molecular flexibility index (Phi) is 4.17. The summed E-state index contributed by atoms with van der Waals surface area (Å²) in [6, 6.07) is 5.09. The van der Waals surface area contributed by atoms with Gasteiger partial charge in [-0.15, -0.1) is 0 Å². The summed E-state index contributed by atoms with van der Waals surface area (Å²) in [5.41, 5.74) is 6.92. The molecule has 0 spiro atoms. The third-order valence-electron chi connectivity index (χ3n) is 3.45. The Hall–Kier alpha value is -0.450. The molecule has 4 heteroatoms. The molecule has 17 heavy (non-hydrogen) atoms. The molecule has 1 saturated heterocycles. The molecule has 1 aromatic carbocycles. The molecule has 0 saturated carbocycles. The SMILES string of the molecule is C[C@@H](N)[C@H]1CCN(Cc2cc(F)ccc2Br)C1. The number of nitrogens with zero attached hydrogens (tertiary/aromatic N) is 1. The van der Waals surface area contributed by atoms with Crippen LogP contribution in [0.25, 0.3) is 0 Å². The van der Waals surface area contributed by atoms with Crippen molar-refractivity contribution in [3.8, 4) is 0 Å². The summed E-state index contributed by atoms with van der Waals surface area (Å²) in [5.74, 6) is 0.397. The van der Waals surface area contributed by atoms with Crippen LogP contribution < -0.4 is 5.73 Å². The zero-order valence-electron chi connectivity index (χ0n) is 10.00. The maximum Gasteiger partial charge on any atom is 0.123 e. The molecular weight excluding hydrogens is 283 g/mol. The Bertz CT molecular complexity index is 395. The molecule has 2 N–H and O–H groups in total. The smallest absolute Gasteiger partial charge is 0.123 e. The van der Waals surface area contributed by atoms with Gasteiger partial charge in [0.2, 0.25) is 0 Å². The highest BCUT2D eigenvalue weighted by molar-refractivity contribution is 9.10. The first-order valence-corrected chi connectivity index (χ1v) is 6.77. The van der Waals surface area contributed by atoms with Gasteiger partial charge in [-0.25, -0.2) is 4.39 Å². The molecule has 2 atom stereocenters. The van der Waals surface area contributed by atoms with Crippen LogP contribution in [0.3, 0.4) is 0 Å². The monoisotopic (exact) mass is 300 g/mol. The second kappa shape index (κ2) is 5.46. The van der Waals surface area contributed by atoms with Crippen molar-refractivity contribution in [2.45, 2.75) is 25.9 Å². The maximum absolute atomic E-state index is 13.2. The summed E-state index contributed by atoms with van der Waals surface area (Å²) >= 11 is 3.46. The van der Waals surface area contributed by atoms with E-state index in [2.05, 4.69) is 27.8 Å². The van der Waals surface area contributed by atoms with E-state index in [1.807, 2.05) is 0 Å². The number of halogens is 2. The third-order valence-corrected chi connectivity index (χ3v) is 4.23. The second-order valence-corrected chi connectivity index (χ2v) is 5.73. The van der Waals surface area contributed by atoms with Crippen LogP contribution in [0.1, 0.15) is 18.9 Å². The molecular formula is C13H18BrFN2. The minimum absolute atomic E-state index is 0.175. The van der Waals surface area contributed by atoms with Gasteiger partial charge in [0, 0.05) is 23.6 Å². The van der Waals surface area contributed by atoms with E-state index in [0.717, 1.165) is 36.1 Å². The number of nitrogens with two attached hydrogens (primary N) is 1. The van der Waals surface area contributed by atoms with Gasteiger partial charge >= 0.3 is 0 Å². The minimum Gasteiger partial charge on any atom is -0.328 e. The zero-order valence-corrected chi connectivity index (χ0v) is 11.6. The van der Waals surface area contributed by atoms with Crippen molar-refractivity contribution in [3.05, 3.63) is 34.1 Å². The Morgan fingerprint density at radius 3 is 3.00 bits per heavy atom. The topological polar surface area (TPSA) is 29.3 Å². The van der Waals surface area contributed by atoms with Gasteiger partial charge in [-0.3, -0.25) is 4.90 Å². The first-order chi connectivity index (χ1) is 8.06. The average molecular weight is 301 g/mol. The van der Waals surface area contributed by atoms with Crippen LogP contribution in [0.4, 0.5) is 4.39 Å². The molecule has 1 aliphatic heterocycles. The van der Waals surface area contributed by atoms with E-state index in [4.69, 9.17) is 5.73 Å². The predicted molar refractivity (Wildman–Crippen MR) is 71.1 cm³/mol. The summed E-state index contributed by atoms with van der Waals surface area (Å²) in [6.45, 7) is 4.92. The van der Waals surface area contributed by atoms with Crippen molar-refractivity contribution in [2.24, 2.45) is 11.7 Å². The minimum atomic E-state index is -0.175. The maximum atomic E-state index is 13.2. The molecule has 1 heterocycles. The van der Waals surface area contributed by atoms with Crippen molar-refractivity contribution in [3.63, 3.8) is 0 Å². The number of rotatable bonds is 3. The fourth-order valence-corrected chi connectivity index (χ4v) is 2.71. The summed E-state index contributed by atoms with van der Waals surface area (Å²) in [4.78, 5) is 2.34. The van der Waals surface area contributed by atoms with Crippen LogP contribution in [0.5, 0.6) is 0 Å². The highest BCUT2D eigenvalue weighted by Crippen LogP contribution is 2.24. The molecule has 1 fully saturated rings. The van der Waals surface area contributed by atoms with Gasteiger partial charge in [-0.05, 0) is 49.6 Å². The summed E-state index contributed by atoms with van der Waals surface area (Å²) < 4.78 is 14.1. The van der Waals surface area contributed by atoms with E-state index < -0.39 is 0 Å². The van der Waals surface area contributed by atoms with Gasteiger partial charge in [-0.1, -0.05) is 15.9 Å². The Morgan fingerprint density at radius 2 is 2.35 bits per heavy atom. The average Bonchev–Trinajstić information content (AvgIpc) is 2.72. The van der Waals surface area contributed by atoms with Crippen molar-refractivity contribution in [2.75, 3.05) is 13.1 Å². The zero-order chi connectivity index (χ0) is 12.4. The van der Waals surface area contributed by atoms with Crippen molar-refractivity contribution < 1.29 is 4.39 Å². The molecule has 0 bridgehead atoms. The number of hydrogen-bond donors (Lipinski definition) is 1. The van der Waals surface area contributed by atoms with Crippen LogP contribution in [-0.2, 0) is 6.54 Å². The lowest BCUT2D eigenvalue weighted by Crippen LogP contribution is -2.29. The molecule has 2 rings (SSSR count). The lowest BCUT2D eigenvalue weighted by molar-refractivity contribution is 0.307. The molecule has 1 aromatic rings. The number of benzene rings is 1. The van der Waals surface area contributed by atoms with Gasteiger partial charge in [-0.2, -0.15) is 0 Å². The van der Waals surface area contributed by atoms with E-state index in [9.17, 15) is 4.39 Å². The van der Waals surface area contributed by atoms with Crippen molar-refractivity contribution in [1.82, 2.24) is 4.90 Å². The molecule has 0 aromatic heterocycles. The van der Waals surface area contributed by atoms with Gasteiger partial charge in [0.05, 0.1) is 0 Å². The first-order valence-electron chi connectivity index (χ1n) is 5.98. The van der Waals surface area contributed by atoms with Crippen LogP contribution in [-0.4, -0.2) is 24.0 Å². The lowest BCUT2D eigenvalue weighted by Gasteiger charge is -2.18. The largest absolute Gasteiger partial charge is 0.328 e. The molecule has 0 unspecified atom stereocenters. The third kappa shape index (κ3) is 3.27. The van der Waals surface area contributed by atoms with E-state index in [1.165, 1.54) is 6.07 Å². The van der Waals surface area contributed by atoms with E-state index >= 15 is 0 Å². The standard InChI is InChI=1S/C13H18BrFN2/c1-9(16)10-4-5-17(7-10)8-11-6-12(15)2-3-13(11)14/h2-3,6,9-10H,4-5,7-8,16H2,1H3/t9-,10+/m1/s1. The summed E-state index contributed by atoms with van der Waals surface area (Å²) in [6.07, 6.45) is 1.14. The highest BCUT2D eigenvalue weighted by Gasteiger charge is 2.25. The van der Waals surface area contributed by atoms with Gasteiger partial charge in [0.25, 0.3) is 0 Å². The lowest BCUT2D eigenvalue weighted by atomic mass is 10.0. The van der Waals surface area contributed by atoms with Gasteiger partial charge in [0.15, 0.2) is 0 Å². The van der Waals surface area contributed by atoms with Crippen LogP contribution in [0, 0.1) is 11.7 Å². The molecule has 0 amide bonds. The van der Waals surface area contributed by atoms with E-state index in [0.29, 0.717) is 5.92 Å². The van der Waals surface area contributed by atoms with Gasteiger partial charge < -0.3 is 5.73 Å². The number of hydrogen-bond acceptors (Lipinski definition) is 2. The van der Waals surface area contributed by atoms with Crippen molar-refractivity contribution in [1.29, 1.82) is 0 Å². The molecule has 0 aliphatic carbocycles. The Balaban J connectivity index is 2.00. The van der Waals surface area contributed by atoms with Crippen LogP contribution in [0.2, 0.25) is 0 Å². The molecule has 1 aliphatic rings. The van der Waals surface area contributed by atoms with Crippen molar-refractivity contribution >= 4 is 15.9 Å². The Labute approximate surface area is 110 Å². The van der Waals surface area contributed by atoms with E-state index in [-0.39, 0.29) is 11.9 Å². The van der Waals surface area contributed by atoms with Crippen LogP contribution in [0.15, 0.2) is 22.7 Å². The summed E-state index contributed by atoms with van der Waals surface area (Å²) in [7, 11) is 0. The Morgan fingerprint density at radius 1 is 1.59 bits per heavy atom. The number of likely N-dealkylation sites (tertiary alicyclic amines) is 1. The summed E-state index contributed by atoms with van der Waals surface area (Å²) in [5, 5.41) is 0. The normalized spacial score (nSPS) is 22.9. The molecule has 2 nitrogen and oxygen atoms in total. The quantitative estimate of drug-likeness (QED) is 0.930. The molecule has 94 valence electrons. The molecule has 0 radical (unpaired) electrons. The van der Waals surface area contributed by atoms with E-state index in [1.54, 1.807) is 12.1 Å².